The van der Waals surface area contributed by atoms with Crippen LogP contribution in [0.3, 0.4) is 0 Å². The Morgan fingerprint density at radius 1 is 1.03 bits per heavy atom. The summed E-state index contributed by atoms with van der Waals surface area (Å²) in [4.78, 5) is 38.8. The number of imide groups is 2. The molecule has 1 aliphatic rings. The molecule has 3 aromatic carbocycles. The molecule has 0 bridgehead atoms. The number of urea groups is 1. The Hall–Kier alpha value is -3.62. The Labute approximate surface area is 209 Å². The zero-order valence-corrected chi connectivity index (χ0v) is 20.2. The monoisotopic (exact) mass is 540 g/mol. The second-order valence-electron chi connectivity index (χ2n) is 7.23. The van der Waals surface area contributed by atoms with Gasteiger partial charge in [0.2, 0.25) is 0 Å². The summed E-state index contributed by atoms with van der Waals surface area (Å²) in [7, 11) is 1.53. The number of barbiturate groups is 1. The topological polar surface area (TPSA) is 84.9 Å². The Morgan fingerprint density at radius 2 is 1.76 bits per heavy atom. The number of ether oxygens (including phenoxy) is 2. The van der Waals surface area contributed by atoms with Crippen LogP contribution in [0.2, 0.25) is 5.02 Å². The fourth-order valence-electron chi connectivity index (χ4n) is 3.30. The molecule has 0 aliphatic carbocycles. The van der Waals surface area contributed by atoms with E-state index in [-0.39, 0.29) is 12.2 Å². The second-order valence-corrected chi connectivity index (χ2v) is 8.49. The van der Waals surface area contributed by atoms with Gasteiger partial charge in [-0.3, -0.25) is 14.9 Å². The highest BCUT2D eigenvalue weighted by Gasteiger charge is 2.36. The molecule has 3 aromatic rings. The number of carbonyl (C=O) groups excluding carboxylic acids is 3. The molecule has 9 heteroatoms. The van der Waals surface area contributed by atoms with E-state index < -0.39 is 17.8 Å². The number of methoxy groups -OCH3 is 1. The third-order valence-electron chi connectivity index (χ3n) is 5.04. The number of rotatable bonds is 6. The van der Waals surface area contributed by atoms with Crippen LogP contribution in [0.15, 0.2) is 76.8 Å². The van der Waals surface area contributed by atoms with Gasteiger partial charge in [-0.25, -0.2) is 9.69 Å². The van der Waals surface area contributed by atoms with Crippen LogP contribution in [0.1, 0.15) is 11.1 Å². The number of carbonyl (C=O) groups is 3. The third-order valence-corrected chi connectivity index (χ3v) is 6.02. The molecule has 172 valence electrons. The maximum absolute atomic E-state index is 13.1. The number of hydrogen-bond acceptors (Lipinski definition) is 5. The number of nitrogens with one attached hydrogen (secondary N) is 1. The van der Waals surface area contributed by atoms with Gasteiger partial charge in [0.15, 0.2) is 0 Å². The molecule has 4 amide bonds. The van der Waals surface area contributed by atoms with Crippen LogP contribution in [0, 0.1) is 0 Å². The lowest BCUT2D eigenvalue weighted by Gasteiger charge is -2.26. The van der Waals surface area contributed by atoms with Crippen LogP contribution >= 0.6 is 27.5 Å². The van der Waals surface area contributed by atoms with Gasteiger partial charge in [-0.15, -0.1) is 0 Å². The van der Waals surface area contributed by atoms with Crippen molar-refractivity contribution in [1.29, 1.82) is 0 Å². The minimum Gasteiger partial charge on any atom is -0.496 e. The van der Waals surface area contributed by atoms with E-state index in [0.717, 1.165) is 10.5 Å². The lowest BCUT2D eigenvalue weighted by molar-refractivity contribution is -0.122. The van der Waals surface area contributed by atoms with Crippen LogP contribution in [-0.2, 0) is 16.2 Å². The Balaban J connectivity index is 1.54. The van der Waals surface area contributed by atoms with Gasteiger partial charge in [-0.2, -0.15) is 0 Å². The van der Waals surface area contributed by atoms with Crippen molar-refractivity contribution in [2.75, 3.05) is 12.0 Å². The zero-order valence-electron chi connectivity index (χ0n) is 17.9. The van der Waals surface area contributed by atoms with Gasteiger partial charge in [-0.05, 0) is 70.0 Å². The van der Waals surface area contributed by atoms with Crippen molar-refractivity contribution in [3.63, 3.8) is 0 Å². The molecular formula is C25H18BrClN2O5. The molecule has 0 radical (unpaired) electrons. The maximum Gasteiger partial charge on any atom is 0.335 e. The van der Waals surface area contributed by atoms with Gasteiger partial charge in [0, 0.05) is 10.6 Å². The molecule has 0 saturated carbocycles. The summed E-state index contributed by atoms with van der Waals surface area (Å²) >= 11 is 9.52. The zero-order chi connectivity index (χ0) is 24.2. The quantitative estimate of drug-likeness (QED) is 0.336. The average Bonchev–Trinajstić information content (AvgIpc) is 2.82. The van der Waals surface area contributed by atoms with E-state index in [2.05, 4.69) is 21.2 Å². The highest BCUT2D eigenvalue weighted by molar-refractivity contribution is 9.10. The van der Waals surface area contributed by atoms with Crippen LogP contribution in [0.5, 0.6) is 11.5 Å². The molecule has 1 aliphatic heterocycles. The van der Waals surface area contributed by atoms with Crippen molar-refractivity contribution >= 4 is 57.1 Å². The molecule has 4 rings (SSSR count). The fraction of sp³-hybridized carbons (Fsp3) is 0.0800. The molecule has 1 N–H and O–H groups in total. The molecule has 0 atom stereocenters. The Kier molecular flexibility index (Phi) is 7.00. The first-order valence-corrected chi connectivity index (χ1v) is 11.3. The van der Waals surface area contributed by atoms with E-state index in [1.807, 2.05) is 18.2 Å². The molecule has 0 unspecified atom stereocenters. The van der Waals surface area contributed by atoms with Crippen LogP contribution in [0.4, 0.5) is 10.5 Å². The standard InChI is InChI=1S/C25H18BrClN2O5/c1-33-22-11-6-15(13-20(22)26)12-19-23(30)28-25(32)29(24(19)31)17-7-9-18(10-8-17)34-14-16-4-2-3-5-21(16)27/h2-13H,14H2,1H3,(H,28,30,32)/b19-12+. The largest absolute Gasteiger partial charge is 0.496 e. The lowest BCUT2D eigenvalue weighted by atomic mass is 10.1. The van der Waals surface area contributed by atoms with Gasteiger partial charge in [-0.1, -0.05) is 35.9 Å². The third kappa shape index (κ3) is 4.98. The van der Waals surface area contributed by atoms with E-state index in [1.165, 1.54) is 13.2 Å². The van der Waals surface area contributed by atoms with Gasteiger partial charge < -0.3 is 9.47 Å². The number of halogens is 2. The average molecular weight is 542 g/mol. The number of hydrogen-bond donors (Lipinski definition) is 1. The van der Waals surface area contributed by atoms with E-state index >= 15 is 0 Å². The van der Waals surface area contributed by atoms with Crippen molar-refractivity contribution in [2.45, 2.75) is 6.61 Å². The molecule has 1 heterocycles. The molecular weight excluding hydrogens is 524 g/mol. The number of nitrogens with zero attached hydrogens (tertiary/aromatic N) is 1. The predicted octanol–water partition coefficient (Wildman–Crippen LogP) is 5.36. The number of amides is 4. The predicted molar refractivity (Wildman–Crippen MR) is 132 cm³/mol. The molecule has 0 spiro atoms. The Morgan fingerprint density at radius 3 is 2.44 bits per heavy atom. The first-order valence-electron chi connectivity index (χ1n) is 10.1. The van der Waals surface area contributed by atoms with Crippen molar-refractivity contribution < 1.29 is 23.9 Å². The van der Waals surface area contributed by atoms with Gasteiger partial charge in [0.1, 0.15) is 23.7 Å². The normalized spacial score (nSPS) is 14.9. The van der Waals surface area contributed by atoms with Crippen molar-refractivity contribution in [3.8, 4) is 11.5 Å². The Bertz CT molecular complexity index is 1310. The molecule has 0 aromatic heterocycles. The molecule has 34 heavy (non-hydrogen) atoms. The first-order chi connectivity index (χ1) is 16.4. The summed E-state index contributed by atoms with van der Waals surface area (Å²) in [5.41, 5.74) is 1.54. The van der Waals surface area contributed by atoms with Gasteiger partial charge in [0.05, 0.1) is 17.3 Å². The summed E-state index contributed by atoms with van der Waals surface area (Å²) in [6, 6.07) is 18.0. The summed E-state index contributed by atoms with van der Waals surface area (Å²) in [5.74, 6) is -0.359. The minimum absolute atomic E-state index is 0.171. The van der Waals surface area contributed by atoms with E-state index in [0.29, 0.717) is 32.2 Å². The highest BCUT2D eigenvalue weighted by Crippen LogP contribution is 2.28. The summed E-state index contributed by atoms with van der Waals surface area (Å²) in [6.07, 6.45) is 1.42. The summed E-state index contributed by atoms with van der Waals surface area (Å²) < 4.78 is 11.6. The molecule has 1 fully saturated rings. The van der Waals surface area contributed by atoms with Gasteiger partial charge in [0.25, 0.3) is 11.8 Å². The molecule has 7 nitrogen and oxygen atoms in total. The van der Waals surface area contributed by atoms with Gasteiger partial charge >= 0.3 is 6.03 Å². The first kappa shape index (κ1) is 23.5. The maximum atomic E-state index is 13.1. The molecule has 1 saturated heterocycles. The summed E-state index contributed by atoms with van der Waals surface area (Å²) in [6.45, 7) is 0.265. The van der Waals surface area contributed by atoms with Crippen LogP contribution < -0.4 is 19.7 Å². The minimum atomic E-state index is -0.826. The second kappa shape index (κ2) is 10.1. The fourth-order valence-corrected chi connectivity index (χ4v) is 4.05. The van der Waals surface area contributed by atoms with Crippen molar-refractivity contribution in [3.05, 3.63) is 92.9 Å². The van der Waals surface area contributed by atoms with Crippen molar-refractivity contribution in [2.24, 2.45) is 0 Å². The van der Waals surface area contributed by atoms with Crippen LogP contribution in [-0.4, -0.2) is 25.0 Å². The van der Waals surface area contributed by atoms with E-state index in [4.69, 9.17) is 21.1 Å². The van der Waals surface area contributed by atoms with Crippen LogP contribution in [0.25, 0.3) is 6.08 Å². The summed E-state index contributed by atoms with van der Waals surface area (Å²) in [5, 5.41) is 2.81. The van der Waals surface area contributed by atoms with E-state index in [9.17, 15) is 14.4 Å². The lowest BCUT2D eigenvalue weighted by Crippen LogP contribution is -2.54. The number of anilines is 1. The van der Waals surface area contributed by atoms with E-state index in [1.54, 1.807) is 48.5 Å². The highest BCUT2D eigenvalue weighted by atomic mass is 79.9. The van der Waals surface area contributed by atoms with Crippen molar-refractivity contribution in [1.82, 2.24) is 5.32 Å². The number of benzene rings is 3. The SMILES string of the molecule is COc1ccc(/C=C2\C(=O)NC(=O)N(c3ccc(OCc4ccccc4Cl)cc3)C2=O)cc1Br. The smallest absolute Gasteiger partial charge is 0.335 e.